The van der Waals surface area contributed by atoms with Gasteiger partial charge in [0.1, 0.15) is 5.82 Å². The van der Waals surface area contributed by atoms with E-state index in [4.69, 9.17) is 0 Å². The quantitative estimate of drug-likeness (QED) is 0.840. The van der Waals surface area contributed by atoms with Crippen LogP contribution in [0.25, 0.3) is 0 Å². The standard InChI is InChI=1S/C18H27N3O/c1-15-8-13-21(14-9-15)18(22)16-7-6-10-19-17(16)20-11-4-2-3-5-12-20/h6-7,10,15H,2-5,8-9,11-14H2,1H3. The van der Waals surface area contributed by atoms with Gasteiger partial charge in [0.2, 0.25) is 0 Å². The third-order valence-electron chi connectivity index (χ3n) is 4.99. The van der Waals surface area contributed by atoms with Gasteiger partial charge in [-0.15, -0.1) is 0 Å². The van der Waals surface area contributed by atoms with Crippen LogP contribution in [0.5, 0.6) is 0 Å². The number of piperidine rings is 1. The minimum atomic E-state index is 0.166. The number of nitrogens with zero attached hydrogens (tertiary/aromatic N) is 3. The highest BCUT2D eigenvalue weighted by atomic mass is 16.2. The van der Waals surface area contributed by atoms with Gasteiger partial charge in [-0.25, -0.2) is 4.98 Å². The number of amides is 1. The smallest absolute Gasteiger partial charge is 0.257 e. The average molecular weight is 301 g/mol. The second kappa shape index (κ2) is 7.12. The zero-order valence-corrected chi connectivity index (χ0v) is 13.6. The molecule has 2 saturated heterocycles. The maximum Gasteiger partial charge on any atom is 0.257 e. The summed E-state index contributed by atoms with van der Waals surface area (Å²) in [5.74, 6) is 1.80. The predicted molar refractivity (Wildman–Crippen MR) is 89.2 cm³/mol. The number of likely N-dealkylation sites (tertiary alicyclic amines) is 1. The molecule has 3 rings (SSSR count). The lowest BCUT2D eigenvalue weighted by molar-refractivity contribution is 0.0697. The highest BCUT2D eigenvalue weighted by Crippen LogP contribution is 2.24. The Morgan fingerprint density at radius 2 is 1.77 bits per heavy atom. The van der Waals surface area contributed by atoms with E-state index in [2.05, 4.69) is 16.8 Å². The van der Waals surface area contributed by atoms with Crippen molar-refractivity contribution in [1.82, 2.24) is 9.88 Å². The van der Waals surface area contributed by atoms with Gasteiger partial charge >= 0.3 is 0 Å². The van der Waals surface area contributed by atoms with E-state index in [0.29, 0.717) is 0 Å². The molecule has 2 aliphatic heterocycles. The molecule has 3 heterocycles. The highest BCUT2D eigenvalue weighted by Gasteiger charge is 2.25. The molecule has 0 N–H and O–H groups in total. The summed E-state index contributed by atoms with van der Waals surface area (Å²) in [6.07, 6.45) is 9.02. The summed E-state index contributed by atoms with van der Waals surface area (Å²) < 4.78 is 0. The Labute approximate surface area is 133 Å². The van der Waals surface area contributed by atoms with Crippen molar-refractivity contribution in [2.24, 2.45) is 5.92 Å². The molecule has 2 fully saturated rings. The van der Waals surface area contributed by atoms with Crippen LogP contribution in [0.1, 0.15) is 55.8 Å². The average Bonchev–Trinajstić information content (AvgIpc) is 2.84. The summed E-state index contributed by atoms with van der Waals surface area (Å²) in [4.78, 5) is 21.8. The predicted octanol–water partition coefficient (Wildman–Crippen LogP) is 3.33. The molecule has 120 valence electrons. The molecule has 0 aliphatic carbocycles. The van der Waals surface area contributed by atoms with Crippen LogP contribution in [0.4, 0.5) is 5.82 Å². The van der Waals surface area contributed by atoms with Crippen molar-refractivity contribution in [1.29, 1.82) is 0 Å². The fraction of sp³-hybridized carbons (Fsp3) is 0.667. The second-order valence-corrected chi connectivity index (χ2v) is 6.75. The number of carbonyl (C=O) groups is 1. The van der Waals surface area contributed by atoms with Crippen LogP contribution < -0.4 is 4.90 Å². The Hall–Kier alpha value is -1.58. The molecule has 4 nitrogen and oxygen atoms in total. The number of rotatable bonds is 2. The number of aromatic nitrogens is 1. The van der Waals surface area contributed by atoms with E-state index in [1.165, 1.54) is 25.7 Å². The van der Waals surface area contributed by atoms with Gasteiger partial charge in [-0.05, 0) is 43.7 Å². The van der Waals surface area contributed by atoms with Gasteiger partial charge in [0, 0.05) is 32.4 Å². The Bertz CT molecular complexity index is 501. The molecule has 0 spiro atoms. The van der Waals surface area contributed by atoms with Gasteiger partial charge in [-0.3, -0.25) is 4.79 Å². The first kappa shape index (κ1) is 15.3. The van der Waals surface area contributed by atoms with Crippen LogP contribution in [0.15, 0.2) is 18.3 Å². The molecular weight excluding hydrogens is 274 g/mol. The zero-order chi connectivity index (χ0) is 15.4. The molecule has 0 unspecified atom stereocenters. The molecule has 0 radical (unpaired) electrons. The molecular formula is C18H27N3O. The van der Waals surface area contributed by atoms with Crippen molar-refractivity contribution >= 4 is 11.7 Å². The zero-order valence-electron chi connectivity index (χ0n) is 13.6. The summed E-state index contributed by atoms with van der Waals surface area (Å²) in [5, 5.41) is 0. The fourth-order valence-corrected chi connectivity index (χ4v) is 3.48. The molecule has 2 aliphatic rings. The molecule has 0 bridgehead atoms. The lowest BCUT2D eigenvalue weighted by Crippen LogP contribution is -2.39. The monoisotopic (exact) mass is 301 g/mol. The Kier molecular flexibility index (Phi) is 4.96. The van der Waals surface area contributed by atoms with E-state index in [1.807, 2.05) is 23.2 Å². The molecule has 1 aromatic heterocycles. The second-order valence-electron chi connectivity index (χ2n) is 6.75. The van der Waals surface area contributed by atoms with Crippen molar-refractivity contribution < 1.29 is 4.79 Å². The minimum Gasteiger partial charge on any atom is -0.356 e. The SMILES string of the molecule is CC1CCN(C(=O)c2cccnc2N2CCCCCC2)CC1. The number of hydrogen-bond acceptors (Lipinski definition) is 3. The summed E-state index contributed by atoms with van der Waals surface area (Å²) >= 11 is 0. The molecule has 1 aromatic rings. The summed E-state index contributed by atoms with van der Waals surface area (Å²) in [6, 6.07) is 3.84. The molecule has 4 heteroatoms. The number of carbonyl (C=O) groups excluding carboxylic acids is 1. The molecule has 0 saturated carbocycles. The summed E-state index contributed by atoms with van der Waals surface area (Å²) in [5.41, 5.74) is 0.791. The van der Waals surface area contributed by atoms with E-state index in [9.17, 15) is 4.79 Å². The van der Waals surface area contributed by atoms with Crippen molar-refractivity contribution in [2.75, 3.05) is 31.1 Å². The van der Waals surface area contributed by atoms with Crippen molar-refractivity contribution in [3.63, 3.8) is 0 Å². The third-order valence-corrected chi connectivity index (χ3v) is 4.99. The van der Waals surface area contributed by atoms with Crippen LogP contribution in [0.3, 0.4) is 0 Å². The summed E-state index contributed by atoms with van der Waals surface area (Å²) in [7, 11) is 0. The van der Waals surface area contributed by atoms with Gasteiger partial charge in [0.15, 0.2) is 0 Å². The van der Waals surface area contributed by atoms with Crippen LogP contribution in [-0.4, -0.2) is 42.0 Å². The topological polar surface area (TPSA) is 36.4 Å². The van der Waals surface area contributed by atoms with Crippen LogP contribution >= 0.6 is 0 Å². The number of anilines is 1. The van der Waals surface area contributed by atoms with E-state index in [0.717, 1.165) is 56.3 Å². The largest absolute Gasteiger partial charge is 0.356 e. The Morgan fingerprint density at radius 3 is 2.45 bits per heavy atom. The van der Waals surface area contributed by atoms with Gasteiger partial charge in [0.25, 0.3) is 5.91 Å². The van der Waals surface area contributed by atoms with E-state index in [1.54, 1.807) is 0 Å². The van der Waals surface area contributed by atoms with Gasteiger partial charge in [-0.1, -0.05) is 19.8 Å². The maximum absolute atomic E-state index is 12.9. The molecule has 0 atom stereocenters. The Morgan fingerprint density at radius 1 is 1.09 bits per heavy atom. The Balaban J connectivity index is 1.79. The molecule has 22 heavy (non-hydrogen) atoms. The van der Waals surface area contributed by atoms with Crippen molar-refractivity contribution in [3.05, 3.63) is 23.9 Å². The normalized spacial score (nSPS) is 20.8. The highest BCUT2D eigenvalue weighted by molar-refractivity contribution is 5.99. The van der Waals surface area contributed by atoms with Gasteiger partial charge in [-0.2, -0.15) is 0 Å². The maximum atomic E-state index is 12.9. The van der Waals surface area contributed by atoms with E-state index < -0.39 is 0 Å². The molecule has 1 amide bonds. The number of hydrogen-bond donors (Lipinski definition) is 0. The minimum absolute atomic E-state index is 0.166. The van der Waals surface area contributed by atoms with Crippen molar-refractivity contribution in [2.45, 2.75) is 45.4 Å². The fourth-order valence-electron chi connectivity index (χ4n) is 3.48. The lowest BCUT2D eigenvalue weighted by atomic mass is 9.98. The molecule has 0 aromatic carbocycles. The number of pyridine rings is 1. The lowest BCUT2D eigenvalue weighted by Gasteiger charge is -2.32. The summed E-state index contributed by atoms with van der Waals surface area (Å²) in [6.45, 7) is 6.08. The van der Waals surface area contributed by atoms with E-state index >= 15 is 0 Å². The first-order chi connectivity index (χ1) is 10.8. The first-order valence-electron chi connectivity index (χ1n) is 8.75. The van der Waals surface area contributed by atoms with Crippen LogP contribution in [0.2, 0.25) is 0 Å². The van der Waals surface area contributed by atoms with Gasteiger partial charge < -0.3 is 9.80 Å². The third kappa shape index (κ3) is 3.42. The first-order valence-corrected chi connectivity index (χ1v) is 8.75. The van der Waals surface area contributed by atoms with Crippen LogP contribution in [-0.2, 0) is 0 Å². The van der Waals surface area contributed by atoms with Crippen LogP contribution in [0, 0.1) is 5.92 Å². The van der Waals surface area contributed by atoms with Gasteiger partial charge in [0.05, 0.1) is 5.56 Å². The van der Waals surface area contributed by atoms with Crippen molar-refractivity contribution in [3.8, 4) is 0 Å². The van der Waals surface area contributed by atoms with E-state index in [-0.39, 0.29) is 5.91 Å².